The number of piperidine rings is 1. The van der Waals surface area contributed by atoms with Gasteiger partial charge in [-0.1, -0.05) is 13.8 Å². The van der Waals surface area contributed by atoms with Gasteiger partial charge in [-0.3, -0.25) is 14.9 Å². The average molecular weight is 252 g/mol. The van der Waals surface area contributed by atoms with Gasteiger partial charge >= 0.3 is 0 Å². The molecule has 2 aliphatic heterocycles. The lowest BCUT2D eigenvalue weighted by molar-refractivity contribution is -0.126. The van der Waals surface area contributed by atoms with Crippen molar-refractivity contribution in [3.05, 3.63) is 11.5 Å². The van der Waals surface area contributed by atoms with Crippen LogP contribution in [0.4, 0.5) is 0 Å². The average Bonchev–Trinajstić information content (AvgIpc) is 2.47. The van der Waals surface area contributed by atoms with Crippen LogP contribution in [0.15, 0.2) is 11.5 Å². The van der Waals surface area contributed by atoms with E-state index < -0.39 is 17.6 Å². The summed E-state index contributed by atoms with van der Waals surface area (Å²) in [5.74, 6) is -1.65. The number of aliphatic hydroxyl groups is 1. The van der Waals surface area contributed by atoms with Gasteiger partial charge in [0, 0.05) is 12.1 Å². The maximum atomic E-state index is 11.8. The van der Waals surface area contributed by atoms with Crippen LogP contribution in [0.2, 0.25) is 0 Å². The van der Waals surface area contributed by atoms with E-state index in [4.69, 9.17) is 0 Å². The number of nitrogens with one attached hydrogen (secondary N) is 1. The van der Waals surface area contributed by atoms with E-state index in [0.29, 0.717) is 6.54 Å². The summed E-state index contributed by atoms with van der Waals surface area (Å²) in [4.78, 5) is 25.0. The van der Waals surface area contributed by atoms with Crippen molar-refractivity contribution < 1.29 is 14.7 Å². The summed E-state index contributed by atoms with van der Waals surface area (Å²) in [6.07, 6.45) is 1.99. The van der Waals surface area contributed by atoms with Crippen molar-refractivity contribution in [1.29, 1.82) is 0 Å². The molecule has 2 amide bonds. The number of carbonyl (C=O) groups is 2. The van der Waals surface area contributed by atoms with E-state index in [0.717, 1.165) is 12.8 Å². The Morgan fingerprint density at radius 3 is 2.28 bits per heavy atom. The quantitative estimate of drug-likeness (QED) is 0.690. The Morgan fingerprint density at radius 2 is 1.78 bits per heavy atom. The Balaban J connectivity index is 2.45. The van der Waals surface area contributed by atoms with Crippen molar-refractivity contribution in [2.45, 2.75) is 46.1 Å². The highest BCUT2D eigenvalue weighted by atomic mass is 16.3. The van der Waals surface area contributed by atoms with Gasteiger partial charge in [0.25, 0.3) is 11.8 Å². The SMILES string of the molecule is CC1(C)CCCN(C2=C(O)C(=O)NC2=O)C1(C)C. The lowest BCUT2D eigenvalue weighted by atomic mass is 9.67. The van der Waals surface area contributed by atoms with Crippen LogP contribution in [0.3, 0.4) is 0 Å². The van der Waals surface area contributed by atoms with E-state index in [1.54, 1.807) is 0 Å². The monoisotopic (exact) mass is 252 g/mol. The van der Waals surface area contributed by atoms with Gasteiger partial charge in [-0.25, -0.2) is 0 Å². The first-order valence-corrected chi connectivity index (χ1v) is 6.25. The molecule has 5 nitrogen and oxygen atoms in total. The van der Waals surface area contributed by atoms with Crippen LogP contribution in [0.25, 0.3) is 0 Å². The number of imide groups is 1. The standard InChI is InChI=1S/C13H20N2O3/c1-12(2)6-5-7-15(13(12,3)4)8-9(16)11(18)14-10(8)17/h5-7H2,1-4H3,(H2,14,16,17,18). The Labute approximate surface area is 107 Å². The number of likely N-dealkylation sites (tertiary alicyclic amines) is 1. The topological polar surface area (TPSA) is 69.6 Å². The number of hydrogen-bond acceptors (Lipinski definition) is 4. The fourth-order valence-corrected chi connectivity index (χ4v) is 2.71. The smallest absolute Gasteiger partial charge is 0.295 e. The molecule has 0 spiro atoms. The highest BCUT2D eigenvalue weighted by Crippen LogP contribution is 2.45. The fourth-order valence-electron chi connectivity index (χ4n) is 2.71. The molecule has 18 heavy (non-hydrogen) atoms. The summed E-state index contributed by atoms with van der Waals surface area (Å²) < 4.78 is 0. The minimum atomic E-state index is -0.700. The lowest BCUT2D eigenvalue weighted by Gasteiger charge is -2.54. The number of nitrogens with zero attached hydrogens (tertiary/aromatic N) is 1. The fraction of sp³-hybridized carbons (Fsp3) is 0.692. The Bertz CT molecular complexity index is 449. The van der Waals surface area contributed by atoms with Gasteiger partial charge in [0.15, 0.2) is 5.70 Å². The van der Waals surface area contributed by atoms with Gasteiger partial charge in [0.05, 0.1) is 0 Å². The molecule has 0 aromatic heterocycles. The van der Waals surface area contributed by atoms with E-state index in [1.807, 2.05) is 18.7 Å². The van der Waals surface area contributed by atoms with E-state index in [9.17, 15) is 14.7 Å². The predicted molar refractivity (Wildman–Crippen MR) is 66.6 cm³/mol. The third-order valence-electron chi connectivity index (χ3n) is 4.67. The van der Waals surface area contributed by atoms with Gasteiger partial charge in [0.1, 0.15) is 0 Å². The van der Waals surface area contributed by atoms with Crippen molar-refractivity contribution in [1.82, 2.24) is 10.2 Å². The van der Waals surface area contributed by atoms with Gasteiger partial charge in [0.2, 0.25) is 5.76 Å². The van der Waals surface area contributed by atoms with Gasteiger partial charge < -0.3 is 10.0 Å². The zero-order valence-electron chi connectivity index (χ0n) is 11.3. The lowest BCUT2D eigenvalue weighted by Crippen LogP contribution is -2.58. The molecule has 2 aliphatic rings. The number of carbonyl (C=O) groups excluding carboxylic acids is 2. The molecule has 100 valence electrons. The predicted octanol–water partition coefficient (Wildman–Crippen LogP) is 1.31. The molecule has 2 heterocycles. The zero-order chi connectivity index (χ0) is 13.7. The molecule has 2 rings (SSSR count). The summed E-state index contributed by atoms with van der Waals surface area (Å²) >= 11 is 0. The molecule has 0 bridgehead atoms. The molecule has 0 atom stereocenters. The van der Waals surface area contributed by atoms with Gasteiger partial charge in [-0.15, -0.1) is 0 Å². The second-order valence-corrected chi connectivity index (χ2v) is 6.18. The van der Waals surface area contributed by atoms with Crippen molar-refractivity contribution in [3.8, 4) is 0 Å². The third-order valence-corrected chi connectivity index (χ3v) is 4.67. The van der Waals surface area contributed by atoms with Crippen LogP contribution < -0.4 is 5.32 Å². The highest BCUT2D eigenvalue weighted by Gasteiger charge is 2.49. The number of hydrogen-bond donors (Lipinski definition) is 2. The van der Waals surface area contributed by atoms with Gasteiger partial charge in [-0.2, -0.15) is 0 Å². The maximum Gasteiger partial charge on any atom is 0.295 e. The van der Waals surface area contributed by atoms with Crippen LogP contribution in [-0.4, -0.2) is 33.9 Å². The molecule has 0 aliphatic carbocycles. The number of rotatable bonds is 1. The molecule has 1 fully saturated rings. The third kappa shape index (κ3) is 1.61. The first-order chi connectivity index (χ1) is 8.18. The molecule has 0 saturated carbocycles. The Morgan fingerprint density at radius 1 is 1.17 bits per heavy atom. The second kappa shape index (κ2) is 3.73. The second-order valence-electron chi connectivity index (χ2n) is 6.18. The van der Waals surface area contributed by atoms with Crippen LogP contribution in [0.1, 0.15) is 40.5 Å². The summed E-state index contributed by atoms with van der Waals surface area (Å²) in [6, 6.07) is 0. The van der Waals surface area contributed by atoms with Crippen LogP contribution >= 0.6 is 0 Å². The molecular weight excluding hydrogens is 232 g/mol. The first kappa shape index (κ1) is 12.9. The Kier molecular flexibility index (Phi) is 2.68. The normalized spacial score (nSPS) is 26.6. The van der Waals surface area contributed by atoms with Crippen molar-refractivity contribution in [2.75, 3.05) is 6.54 Å². The zero-order valence-corrected chi connectivity index (χ0v) is 11.3. The van der Waals surface area contributed by atoms with E-state index >= 15 is 0 Å². The first-order valence-electron chi connectivity index (χ1n) is 6.25. The summed E-state index contributed by atoms with van der Waals surface area (Å²) in [7, 11) is 0. The van der Waals surface area contributed by atoms with Crippen molar-refractivity contribution in [2.24, 2.45) is 5.41 Å². The molecule has 0 aromatic rings. The molecule has 1 saturated heterocycles. The van der Waals surface area contributed by atoms with E-state index in [-0.39, 0.29) is 16.7 Å². The summed E-state index contributed by atoms with van der Waals surface area (Å²) in [5.41, 5.74) is -0.168. The summed E-state index contributed by atoms with van der Waals surface area (Å²) in [5, 5.41) is 11.9. The van der Waals surface area contributed by atoms with Crippen LogP contribution in [0.5, 0.6) is 0 Å². The molecule has 0 unspecified atom stereocenters. The van der Waals surface area contributed by atoms with Gasteiger partial charge in [-0.05, 0) is 32.1 Å². The molecule has 5 heteroatoms. The Hall–Kier alpha value is -1.52. The minimum absolute atomic E-state index is 0.00441. The van der Waals surface area contributed by atoms with Crippen molar-refractivity contribution in [3.63, 3.8) is 0 Å². The highest BCUT2D eigenvalue weighted by molar-refractivity contribution is 6.17. The van der Waals surface area contributed by atoms with E-state index in [2.05, 4.69) is 19.2 Å². The number of amides is 2. The van der Waals surface area contributed by atoms with E-state index in [1.165, 1.54) is 0 Å². The number of aliphatic hydroxyl groups excluding tert-OH is 1. The summed E-state index contributed by atoms with van der Waals surface area (Å²) in [6.45, 7) is 9.05. The molecule has 0 aromatic carbocycles. The molecule has 0 radical (unpaired) electrons. The molecule has 2 N–H and O–H groups in total. The van der Waals surface area contributed by atoms with Crippen LogP contribution in [-0.2, 0) is 9.59 Å². The molecular formula is C13H20N2O3. The van der Waals surface area contributed by atoms with Crippen molar-refractivity contribution >= 4 is 11.8 Å². The largest absolute Gasteiger partial charge is 0.501 e. The maximum absolute atomic E-state index is 11.8. The minimum Gasteiger partial charge on any atom is -0.501 e. The van der Waals surface area contributed by atoms with Crippen LogP contribution in [0, 0.1) is 5.41 Å².